The molecule has 0 aliphatic carbocycles. The van der Waals surface area contributed by atoms with Gasteiger partial charge in [-0.3, -0.25) is 14.5 Å². The van der Waals surface area contributed by atoms with Crippen LogP contribution in [0.1, 0.15) is 33.3 Å². The second-order valence-electron chi connectivity index (χ2n) is 7.74. The first kappa shape index (κ1) is 18.9. The van der Waals surface area contributed by atoms with Crippen LogP contribution >= 0.6 is 11.3 Å². The average Bonchev–Trinajstić information content (AvgIpc) is 3.32. The summed E-state index contributed by atoms with van der Waals surface area (Å²) in [6.45, 7) is 1.98. The monoisotopic (exact) mass is 442 g/mol. The average molecular weight is 442 g/mol. The molecule has 0 unspecified atom stereocenters. The number of carbonyl (C=O) groups excluding carboxylic acids is 1. The molecule has 0 saturated heterocycles. The van der Waals surface area contributed by atoms with E-state index in [1.165, 1.54) is 22.3 Å². The lowest BCUT2D eigenvalue weighted by Gasteiger charge is -2.22. The van der Waals surface area contributed by atoms with Gasteiger partial charge in [0.1, 0.15) is 17.4 Å². The number of halogens is 1. The van der Waals surface area contributed by atoms with Gasteiger partial charge in [-0.1, -0.05) is 47.7 Å². The van der Waals surface area contributed by atoms with E-state index in [1.807, 2.05) is 25.1 Å². The number of carbonyl (C=O) groups is 1. The molecule has 0 saturated carbocycles. The summed E-state index contributed by atoms with van der Waals surface area (Å²) in [6.07, 6.45) is 0. The molecule has 156 valence electrons. The lowest BCUT2D eigenvalue weighted by atomic mass is 9.98. The second-order valence-corrected chi connectivity index (χ2v) is 8.75. The summed E-state index contributed by atoms with van der Waals surface area (Å²) in [5.41, 5.74) is 2.13. The molecular weight excluding hydrogens is 427 g/mol. The van der Waals surface area contributed by atoms with E-state index in [-0.39, 0.29) is 22.3 Å². The fraction of sp³-hybridized carbons (Fsp3) is 0.0800. The molecule has 3 aromatic carbocycles. The van der Waals surface area contributed by atoms with Gasteiger partial charge in [0.15, 0.2) is 10.6 Å². The van der Waals surface area contributed by atoms with Crippen molar-refractivity contribution in [3.8, 4) is 0 Å². The molecule has 0 fully saturated rings. The maximum atomic E-state index is 15.0. The van der Waals surface area contributed by atoms with Crippen molar-refractivity contribution in [3.05, 3.63) is 105 Å². The molecule has 0 spiro atoms. The highest BCUT2D eigenvalue weighted by atomic mass is 32.1. The van der Waals surface area contributed by atoms with Gasteiger partial charge in [-0.2, -0.15) is 0 Å². The largest absolute Gasteiger partial charge is 0.450 e. The summed E-state index contributed by atoms with van der Waals surface area (Å²) in [6, 6.07) is 17.8. The Balaban J connectivity index is 1.66. The van der Waals surface area contributed by atoms with E-state index in [9.17, 15) is 14.0 Å². The Morgan fingerprint density at radius 3 is 2.66 bits per heavy atom. The van der Waals surface area contributed by atoms with Crippen molar-refractivity contribution < 1.29 is 13.6 Å². The number of hydrogen-bond acceptors (Lipinski definition) is 5. The Bertz CT molecular complexity index is 1620. The molecule has 2 aromatic heterocycles. The number of anilines is 1. The summed E-state index contributed by atoms with van der Waals surface area (Å²) >= 11 is 1.33. The summed E-state index contributed by atoms with van der Waals surface area (Å²) in [7, 11) is 0. The fourth-order valence-electron chi connectivity index (χ4n) is 4.23. The minimum atomic E-state index is -0.971. The van der Waals surface area contributed by atoms with Crippen LogP contribution in [0.3, 0.4) is 0 Å². The van der Waals surface area contributed by atoms with Crippen molar-refractivity contribution in [2.75, 3.05) is 4.90 Å². The van der Waals surface area contributed by atoms with Crippen LogP contribution in [0.15, 0.2) is 75.9 Å². The topological polar surface area (TPSA) is 63.4 Å². The smallest absolute Gasteiger partial charge is 0.297 e. The Kier molecular flexibility index (Phi) is 4.03. The van der Waals surface area contributed by atoms with Crippen molar-refractivity contribution in [2.45, 2.75) is 13.0 Å². The lowest BCUT2D eigenvalue weighted by molar-refractivity contribution is 0.0971. The van der Waals surface area contributed by atoms with Crippen LogP contribution < -0.4 is 10.3 Å². The molecule has 1 atom stereocenters. The van der Waals surface area contributed by atoms with Gasteiger partial charge in [0, 0.05) is 5.56 Å². The number of thiazole rings is 1. The Morgan fingerprint density at radius 2 is 1.81 bits per heavy atom. The first-order chi connectivity index (χ1) is 15.5. The van der Waals surface area contributed by atoms with Gasteiger partial charge in [-0.25, -0.2) is 9.37 Å². The zero-order valence-corrected chi connectivity index (χ0v) is 17.7. The summed E-state index contributed by atoms with van der Waals surface area (Å²) in [5.74, 6) is -1.09. The molecule has 1 aliphatic heterocycles. The first-order valence-corrected chi connectivity index (χ1v) is 10.9. The van der Waals surface area contributed by atoms with Crippen molar-refractivity contribution >= 4 is 43.6 Å². The minimum Gasteiger partial charge on any atom is -0.450 e. The predicted molar refractivity (Wildman–Crippen MR) is 122 cm³/mol. The molecule has 0 N–H and O–H groups in total. The number of aryl methyl sites for hydroxylation is 1. The lowest BCUT2D eigenvalue weighted by Crippen LogP contribution is -2.30. The number of para-hydroxylation sites is 1. The van der Waals surface area contributed by atoms with Crippen molar-refractivity contribution in [1.82, 2.24) is 4.98 Å². The van der Waals surface area contributed by atoms with Crippen LogP contribution in [0.5, 0.6) is 0 Å². The van der Waals surface area contributed by atoms with E-state index in [4.69, 9.17) is 4.42 Å². The van der Waals surface area contributed by atoms with Crippen LogP contribution in [0.2, 0.25) is 0 Å². The van der Waals surface area contributed by atoms with Crippen LogP contribution in [0, 0.1) is 12.7 Å². The predicted octanol–water partition coefficient (Wildman–Crippen LogP) is 5.60. The summed E-state index contributed by atoms with van der Waals surface area (Å²) in [5, 5.41) is 0.737. The van der Waals surface area contributed by atoms with Gasteiger partial charge in [-0.05, 0) is 42.8 Å². The van der Waals surface area contributed by atoms with E-state index in [0.29, 0.717) is 16.1 Å². The number of rotatable bonds is 2. The minimum absolute atomic E-state index is 0.0719. The van der Waals surface area contributed by atoms with Crippen LogP contribution in [-0.2, 0) is 0 Å². The first-order valence-electron chi connectivity index (χ1n) is 10.0. The third-order valence-corrected chi connectivity index (χ3v) is 6.73. The molecule has 6 rings (SSSR count). The highest BCUT2D eigenvalue weighted by Crippen LogP contribution is 2.44. The van der Waals surface area contributed by atoms with E-state index in [1.54, 1.807) is 42.5 Å². The van der Waals surface area contributed by atoms with Crippen molar-refractivity contribution in [1.29, 1.82) is 0 Å². The van der Waals surface area contributed by atoms with Gasteiger partial charge in [-0.15, -0.1) is 0 Å². The third-order valence-electron chi connectivity index (χ3n) is 5.72. The standard InChI is InChI=1S/C25H15FN2O3S/c1-13-10-11-17-19(12-13)32-25(27-17)28-21(14-6-2-4-8-16(14)26)20-22(29)15-7-3-5-9-18(15)31-23(20)24(28)30/h2-12,21H,1H3/t21-/m0/s1. The van der Waals surface area contributed by atoms with Gasteiger partial charge in [0.25, 0.3) is 5.91 Å². The maximum Gasteiger partial charge on any atom is 0.297 e. The summed E-state index contributed by atoms with van der Waals surface area (Å²) < 4.78 is 21.8. The highest BCUT2D eigenvalue weighted by molar-refractivity contribution is 7.22. The molecule has 5 nitrogen and oxygen atoms in total. The number of benzene rings is 3. The van der Waals surface area contributed by atoms with E-state index < -0.39 is 17.8 Å². The van der Waals surface area contributed by atoms with Crippen LogP contribution in [0.4, 0.5) is 9.52 Å². The van der Waals surface area contributed by atoms with Crippen LogP contribution in [-0.4, -0.2) is 10.9 Å². The van der Waals surface area contributed by atoms with E-state index in [2.05, 4.69) is 4.98 Å². The third kappa shape index (κ3) is 2.64. The quantitative estimate of drug-likeness (QED) is 0.357. The fourth-order valence-corrected chi connectivity index (χ4v) is 5.32. The van der Waals surface area contributed by atoms with Crippen LogP contribution in [0.25, 0.3) is 21.2 Å². The van der Waals surface area contributed by atoms with Crippen molar-refractivity contribution in [2.24, 2.45) is 0 Å². The zero-order valence-electron chi connectivity index (χ0n) is 16.8. The molecule has 0 radical (unpaired) electrons. The van der Waals surface area contributed by atoms with Crippen molar-refractivity contribution in [3.63, 3.8) is 0 Å². The van der Waals surface area contributed by atoms with Gasteiger partial charge in [0.05, 0.1) is 21.2 Å². The maximum absolute atomic E-state index is 15.0. The Morgan fingerprint density at radius 1 is 1.03 bits per heavy atom. The van der Waals surface area contributed by atoms with E-state index in [0.717, 1.165) is 15.8 Å². The number of fused-ring (bicyclic) bond motifs is 3. The Hall–Kier alpha value is -3.84. The molecule has 32 heavy (non-hydrogen) atoms. The molecule has 1 amide bonds. The molecule has 0 bridgehead atoms. The Labute approximate surface area is 185 Å². The molecule has 1 aliphatic rings. The number of amides is 1. The zero-order chi connectivity index (χ0) is 22.0. The number of hydrogen-bond donors (Lipinski definition) is 0. The van der Waals surface area contributed by atoms with Gasteiger partial charge >= 0.3 is 0 Å². The van der Waals surface area contributed by atoms with Gasteiger partial charge in [0.2, 0.25) is 5.76 Å². The molecule has 5 aromatic rings. The highest BCUT2D eigenvalue weighted by Gasteiger charge is 2.45. The molecule has 3 heterocycles. The normalized spacial score (nSPS) is 15.6. The second kappa shape index (κ2) is 6.83. The number of nitrogens with zero attached hydrogens (tertiary/aromatic N) is 2. The molecule has 7 heteroatoms. The van der Waals surface area contributed by atoms with Gasteiger partial charge < -0.3 is 4.42 Å². The SMILES string of the molecule is Cc1ccc2nc(N3C(=O)c4oc5ccccc5c(=O)c4[C@@H]3c3ccccc3F)sc2c1. The number of aromatic nitrogens is 1. The summed E-state index contributed by atoms with van der Waals surface area (Å²) in [4.78, 5) is 33.1. The van der Waals surface area contributed by atoms with E-state index >= 15 is 0 Å². The molecular formula is C25H15FN2O3S.